The number of hydrogen-bond acceptors (Lipinski definition) is 5. The van der Waals surface area contributed by atoms with Gasteiger partial charge in [0.05, 0.1) is 20.1 Å². The predicted octanol–water partition coefficient (Wildman–Crippen LogP) is 2.89. The monoisotopic (exact) mass is 320 g/mol. The zero-order valence-electron chi connectivity index (χ0n) is 13.8. The Morgan fingerprint density at radius 1 is 0.957 bits per heavy atom. The molecule has 0 bridgehead atoms. The zero-order valence-corrected chi connectivity index (χ0v) is 13.8. The Hall–Kier alpha value is -2.17. The number of aryl methyl sites for hydroxylation is 1. The topological polar surface area (TPSA) is 69.7 Å². The van der Waals surface area contributed by atoms with Crippen molar-refractivity contribution in [3.63, 3.8) is 0 Å². The van der Waals surface area contributed by atoms with Crippen LogP contribution in [-0.4, -0.2) is 31.3 Å². The van der Waals surface area contributed by atoms with Gasteiger partial charge in [0.25, 0.3) is 0 Å². The number of benzene rings is 1. The van der Waals surface area contributed by atoms with E-state index < -0.39 is 0 Å². The number of ether oxygens (including phenoxy) is 2. The van der Waals surface area contributed by atoms with Crippen LogP contribution in [0.5, 0.6) is 5.75 Å². The molecule has 0 saturated carbocycles. The Kier molecular flexibility index (Phi) is 8.65. The van der Waals surface area contributed by atoms with Crippen LogP contribution >= 0.6 is 0 Å². The summed E-state index contributed by atoms with van der Waals surface area (Å²) in [5.41, 5.74) is 1.09. The van der Waals surface area contributed by atoms with Crippen molar-refractivity contribution in [2.45, 2.75) is 45.4 Å². The lowest BCUT2D eigenvalue weighted by atomic mass is 10.1. The molecule has 0 aliphatic carbocycles. The third kappa shape index (κ3) is 8.76. The third-order valence-corrected chi connectivity index (χ3v) is 3.40. The van der Waals surface area contributed by atoms with Gasteiger partial charge in [-0.15, -0.1) is 0 Å². The lowest BCUT2D eigenvalue weighted by Crippen LogP contribution is -2.09. The standard InChI is InChI=1S/C18H24O5/c1-14(19)5-12-18(21)23-13-3-4-16(20)9-6-15-7-10-17(22-2)11-8-15/h7-8,10-11H,3-6,9,12-13H2,1-2H3. The second kappa shape index (κ2) is 10.5. The van der Waals surface area contributed by atoms with Crippen molar-refractivity contribution in [3.8, 4) is 5.75 Å². The molecule has 0 spiro atoms. The van der Waals surface area contributed by atoms with Gasteiger partial charge in [0.1, 0.15) is 17.3 Å². The quantitative estimate of drug-likeness (QED) is 0.463. The maximum atomic E-state index is 11.8. The van der Waals surface area contributed by atoms with E-state index >= 15 is 0 Å². The first-order valence-electron chi connectivity index (χ1n) is 7.81. The summed E-state index contributed by atoms with van der Waals surface area (Å²) < 4.78 is 10.1. The van der Waals surface area contributed by atoms with Crippen LogP contribution in [0.4, 0.5) is 0 Å². The zero-order chi connectivity index (χ0) is 17.1. The average Bonchev–Trinajstić information content (AvgIpc) is 2.55. The van der Waals surface area contributed by atoms with Crippen molar-refractivity contribution in [1.29, 1.82) is 0 Å². The first-order chi connectivity index (χ1) is 11.0. The minimum Gasteiger partial charge on any atom is -0.497 e. The smallest absolute Gasteiger partial charge is 0.306 e. The summed E-state index contributed by atoms with van der Waals surface area (Å²) in [6.45, 7) is 1.67. The molecule has 0 aliphatic heterocycles. The molecule has 1 rings (SSSR count). The van der Waals surface area contributed by atoms with Gasteiger partial charge in [-0.1, -0.05) is 12.1 Å². The molecule has 0 aliphatic rings. The van der Waals surface area contributed by atoms with E-state index in [9.17, 15) is 14.4 Å². The summed E-state index contributed by atoms with van der Waals surface area (Å²) >= 11 is 0. The van der Waals surface area contributed by atoms with Crippen molar-refractivity contribution in [1.82, 2.24) is 0 Å². The number of methoxy groups -OCH3 is 1. The van der Waals surface area contributed by atoms with Gasteiger partial charge < -0.3 is 14.3 Å². The molecular formula is C18H24O5. The number of esters is 1. The maximum absolute atomic E-state index is 11.8. The van der Waals surface area contributed by atoms with E-state index in [4.69, 9.17) is 9.47 Å². The second-order valence-electron chi connectivity index (χ2n) is 5.41. The van der Waals surface area contributed by atoms with Crippen molar-refractivity contribution >= 4 is 17.5 Å². The fourth-order valence-electron chi connectivity index (χ4n) is 2.01. The van der Waals surface area contributed by atoms with Gasteiger partial charge >= 0.3 is 5.97 Å². The second-order valence-corrected chi connectivity index (χ2v) is 5.41. The molecule has 0 aromatic heterocycles. The molecule has 23 heavy (non-hydrogen) atoms. The first-order valence-corrected chi connectivity index (χ1v) is 7.81. The summed E-state index contributed by atoms with van der Waals surface area (Å²) in [5.74, 6) is 0.536. The van der Waals surface area contributed by atoms with Crippen LogP contribution in [0.15, 0.2) is 24.3 Å². The molecule has 0 N–H and O–H groups in total. The van der Waals surface area contributed by atoms with E-state index in [2.05, 4.69) is 0 Å². The number of ketones is 2. The van der Waals surface area contributed by atoms with E-state index in [1.54, 1.807) is 7.11 Å². The highest BCUT2D eigenvalue weighted by Gasteiger charge is 2.07. The van der Waals surface area contributed by atoms with Gasteiger partial charge in [-0.25, -0.2) is 0 Å². The lowest BCUT2D eigenvalue weighted by Gasteiger charge is -2.05. The van der Waals surface area contributed by atoms with Crippen molar-refractivity contribution in [3.05, 3.63) is 29.8 Å². The van der Waals surface area contributed by atoms with E-state index in [1.165, 1.54) is 6.92 Å². The molecule has 5 nitrogen and oxygen atoms in total. The number of carbonyl (C=O) groups is 3. The summed E-state index contributed by atoms with van der Waals surface area (Å²) in [6, 6.07) is 7.65. The average molecular weight is 320 g/mol. The third-order valence-electron chi connectivity index (χ3n) is 3.40. The van der Waals surface area contributed by atoms with Crippen molar-refractivity contribution in [2.75, 3.05) is 13.7 Å². The number of Topliss-reactive ketones (excluding diaryl/α,β-unsaturated/α-hetero) is 2. The molecule has 0 amide bonds. The van der Waals surface area contributed by atoms with Gasteiger partial charge in [-0.2, -0.15) is 0 Å². The highest BCUT2D eigenvalue weighted by molar-refractivity contribution is 5.81. The Morgan fingerprint density at radius 3 is 2.26 bits per heavy atom. The molecule has 126 valence electrons. The van der Waals surface area contributed by atoms with Crippen molar-refractivity contribution < 1.29 is 23.9 Å². The van der Waals surface area contributed by atoms with Crippen LogP contribution < -0.4 is 4.74 Å². The molecule has 0 atom stereocenters. The molecule has 0 unspecified atom stereocenters. The molecule has 5 heteroatoms. The highest BCUT2D eigenvalue weighted by atomic mass is 16.5. The number of carbonyl (C=O) groups excluding carboxylic acids is 3. The van der Waals surface area contributed by atoms with Gasteiger partial charge in [0.2, 0.25) is 0 Å². The van der Waals surface area contributed by atoms with Crippen LogP contribution in [0.2, 0.25) is 0 Å². The van der Waals surface area contributed by atoms with Gasteiger partial charge in [0.15, 0.2) is 0 Å². The summed E-state index contributed by atoms with van der Waals surface area (Å²) in [5, 5.41) is 0. The van der Waals surface area contributed by atoms with Crippen LogP contribution in [0.25, 0.3) is 0 Å². The van der Waals surface area contributed by atoms with Crippen molar-refractivity contribution in [2.24, 2.45) is 0 Å². The fraction of sp³-hybridized carbons (Fsp3) is 0.500. The Bertz CT molecular complexity index is 519. The molecule has 0 radical (unpaired) electrons. The van der Waals surface area contributed by atoms with E-state index in [0.717, 1.165) is 11.3 Å². The Morgan fingerprint density at radius 2 is 1.65 bits per heavy atom. The summed E-state index contributed by atoms with van der Waals surface area (Å²) in [6.07, 6.45) is 2.41. The first kappa shape index (κ1) is 18.9. The molecule has 0 fully saturated rings. The van der Waals surface area contributed by atoms with E-state index in [-0.39, 0.29) is 37.0 Å². The molecule has 1 aromatic rings. The molecule has 0 saturated heterocycles. The lowest BCUT2D eigenvalue weighted by molar-refractivity contribution is -0.145. The van der Waals surface area contributed by atoms with Crippen LogP contribution in [0.3, 0.4) is 0 Å². The van der Waals surface area contributed by atoms with Gasteiger partial charge in [-0.05, 0) is 37.5 Å². The summed E-state index contributed by atoms with van der Waals surface area (Å²) in [7, 11) is 1.62. The molecular weight excluding hydrogens is 296 g/mol. The largest absolute Gasteiger partial charge is 0.497 e. The van der Waals surface area contributed by atoms with Gasteiger partial charge in [0, 0.05) is 19.3 Å². The maximum Gasteiger partial charge on any atom is 0.306 e. The minimum atomic E-state index is -0.383. The fourth-order valence-corrected chi connectivity index (χ4v) is 2.01. The normalized spacial score (nSPS) is 10.2. The van der Waals surface area contributed by atoms with Gasteiger partial charge in [-0.3, -0.25) is 9.59 Å². The predicted molar refractivity (Wildman–Crippen MR) is 86.4 cm³/mol. The van der Waals surface area contributed by atoms with E-state index in [0.29, 0.717) is 25.7 Å². The Balaban J connectivity index is 2.12. The van der Waals surface area contributed by atoms with Crippen LogP contribution in [-0.2, 0) is 25.5 Å². The van der Waals surface area contributed by atoms with Crippen LogP contribution in [0, 0.1) is 0 Å². The summed E-state index contributed by atoms with van der Waals surface area (Å²) in [4.78, 5) is 33.8. The number of hydrogen-bond donors (Lipinski definition) is 0. The Labute approximate surface area is 137 Å². The molecule has 1 aromatic carbocycles. The number of rotatable bonds is 11. The SMILES string of the molecule is COc1ccc(CCC(=O)CCCOC(=O)CCC(C)=O)cc1. The molecule has 0 heterocycles. The van der Waals surface area contributed by atoms with Crippen LogP contribution in [0.1, 0.15) is 44.6 Å². The minimum absolute atomic E-state index is 0.0318. The highest BCUT2D eigenvalue weighted by Crippen LogP contribution is 2.13. The van der Waals surface area contributed by atoms with E-state index in [1.807, 2.05) is 24.3 Å².